The van der Waals surface area contributed by atoms with Crippen molar-refractivity contribution in [1.82, 2.24) is 4.72 Å². The number of nitrogens with one attached hydrogen (secondary N) is 1. The van der Waals surface area contributed by atoms with E-state index in [9.17, 15) is 8.42 Å². The van der Waals surface area contributed by atoms with Crippen LogP contribution in [-0.2, 0) is 16.6 Å². The SMILES string of the molecule is COc1cc(CNS(=O)(=O)c2ccc(N)cc2)cc(Cl)c1OC. The number of nitrogen functional groups attached to an aromatic ring is 1. The summed E-state index contributed by atoms with van der Waals surface area (Å²) in [5, 5.41) is 0.341. The van der Waals surface area contributed by atoms with Crippen LogP contribution >= 0.6 is 11.6 Å². The summed E-state index contributed by atoms with van der Waals surface area (Å²) >= 11 is 6.10. The Hall–Kier alpha value is -1.96. The topological polar surface area (TPSA) is 90.7 Å². The Bertz CT molecular complexity index is 792. The molecule has 0 aliphatic carbocycles. The molecule has 0 aliphatic heterocycles. The van der Waals surface area contributed by atoms with Gasteiger partial charge in [0.25, 0.3) is 0 Å². The zero-order chi connectivity index (χ0) is 17.0. The Morgan fingerprint density at radius 2 is 1.78 bits per heavy atom. The molecule has 124 valence electrons. The number of hydrogen-bond acceptors (Lipinski definition) is 5. The van der Waals surface area contributed by atoms with Crippen molar-refractivity contribution >= 4 is 27.3 Å². The summed E-state index contributed by atoms with van der Waals surface area (Å²) in [5.41, 5.74) is 6.70. The fourth-order valence-corrected chi connectivity index (χ4v) is 3.31. The van der Waals surface area contributed by atoms with Crippen molar-refractivity contribution in [2.75, 3.05) is 20.0 Å². The van der Waals surface area contributed by atoms with Gasteiger partial charge in [-0.15, -0.1) is 0 Å². The smallest absolute Gasteiger partial charge is 0.240 e. The molecule has 2 aromatic rings. The molecule has 6 nitrogen and oxygen atoms in total. The van der Waals surface area contributed by atoms with Gasteiger partial charge in [-0.05, 0) is 42.0 Å². The first-order chi connectivity index (χ1) is 10.9. The van der Waals surface area contributed by atoms with E-state index in [1.165, 1.54) is 38.5 Å². The van der Waals surface area contributed by atoms with Gasteiger partial charge >= 0.3 is 0 Å². The maximum absolute atomic E-state index is 12.2. The molecule has 0 spiro atoms. The third kappa shape index (κ3) is 4.07. The third-order valence-electron chi connectivity index (χ3n) is 3.15. The van der Waals surface area contributed by atoms with E-state index in [4.69, 9.17) is 26.8 Å². The standard InChI is InChI=1S/C15H17ClN2O4S/c1-21-14-8-10(7-13(16)15(14)22-2)9-18-23(19,20)12-5-3-11(17)4-6-12/h3-8,18H,9,17H2,1-2H3. The van der Waals surface area contributed by atoms with Gasteiger partial charge in [-0.3, -0.25) is 0 Å². The van der Waals surface area contributed by atoms with E-state index in [1.807, 2.05) is 0 Å². The van der Waals surface area contributed by atoms with Crippen molar-refractivity contribution in [1.29, 1.82) is 0 Å². The van der Waals surface area contributed by atoms with Gasteiger partial charge in [-0.25, -0.2) is 13.1 Å². The molecule has 2 rings (SSSR count). The highest BCUT2D eigenvalue weighted by Gasteiger charge is 2.15. The zero-order valence-corrected chi connectivity index (χ0v) is 14.2. The Balaban J connectivity index is 2.20. The van der Waals surface area contributed by atoms with Crippen LogP contribution in [0.5, 0.6) is 11.5 Å². The summed E-state index contributed by atoms with van der Waals surface area (Å²) in [5.74, 6) is 0.834. The highest BCUT2D eigenvalue weighted by atomic mass is 35.5. The fourth-order valence-electron chi connectivity index (χ4n) is 1.98. The lowest BCUT2D eigenvalue weighted by molar-refractivity contribution is 0.354. The zero-order valence-electron chi connectivity index (χ0n) is 12.7. The van der Waals surface area contributed by atoms with E-state index < -0.39 is 10.0 Å². The summed E-state index contributed by atoms with van der Waals surface area (Å²) in [6, 6.07) is 9.23. The Kier molecular flexibility index (Phi) is 5.35. The number of benzene rings is 2. The lowest BCUT2D eigenvalue weighted by atomic mass is 10.2. The second-order valence-electron chi connectivity index (χ2n) is 4.71. The summed E-state index contributed by atoms with van der Waals surface area (Å²) in [4.78, 5) is 0.137. The minimum atomic E-state index is -3.64. The van der Waals surface area contributed by atoms with Gasteiger partial charge in [0.2, 0.25) is 10.0 Å². The van der Waals surface area contributed by atoms with Gasteiger partial charge in [0, 0.05) is 12.2 Å². The van der Waals surface area contributed by atoms with Gasteiger partial charge in [-0.1, -0.05) is 11.6 Å². The predicted molar refractivity (Wildman–Crippen MR) is 89.4 cm³/mol. The summed E-state index contributed by atoms with van der Waals surface area (Å²) in [6.07, 6.45) is 0. The summed E-state index contributed by atoms with van der Waals surface area (Å²) < 4.78 is 37.3. The fraction of sp³-hybridized carbons (Fsp3) is 0.200. The monoisotopic (exact) mass is 356 g/mol. The number of ether oxygens (including phenoxy) is 2. The third-order valence-corrected chi connectivity index (χ3v) is 4.85. The molecule has 0 unspecified atom stereocenters. The Morgan fingerprint density at radius 3 is 2.35 bits per heavy atom. The molecule has 0 saturated heterocycles. The maximum Gasteiger partial charge on any atom is 0.240 e. The van der Waals surface area contributed by atoms with Gasteiger partial charge < -0.3 is 15.2 Å². The average molecular weight is 357 g/mol. The highest BCUT2D eigenvalue weighted by molar-refractivity contribution is 7.89. The molecule has 8 heteroatoms. The van der Waals surface area contributed by atoms with Crippen LogP contribution in [0.3, 0.4) is 0 Å². The number of sulfonamides is 1. The summed E-state index contributed by atoms with van der Waals surface area (Å²) in [6.45, 7) is 0.0623. The van der Waals surface area contributed by atoms with E-state index in [-0.39, 0.29) is 11.4 Å². The van der Waals surface area contributed by atoms with Crippen LogP contribution in [0.2, 0.25) is 5.02 Å². The molecule has 0 heterocycles. The lowest BCUT2D eigenvalue weighted by Crippen LogP contribution is -2.23. The van der Waals surface area contributed by atoms with Crippen LogP contribution in [0.15, 0.2) is 41.3 Å². The van der Waals surface area contributed by atoms with Gasteiger partial charge in [0.1, 0.15) is 0 Å². The Labute approximate surface area is 140 Å². The van der Waals surface area contributed by atoms with Crippen molar-refractivity contribution in [3.63, 3.8) is 0 Å². The van der Waals surface area contributed by atoms with Crippen molar-refractivity contribution in [3.8, 4) is 11.5 Å². The maximum atomic E-state index is 12.2. The van der Waals surface area contributed by atoms with E-state index in [0.717, 1.165) is 0 Å². The van der Waals surface area contributed by atoms with Crippen molar-refractivity contribution < 1.29 is 17.9 Å². The number of anilines is 1. The number of nitrogens with two attached hydrogens (primary N) is 1. The van der Waals surface area contributed by atoms with E-state index in [1.54, 1.807) is 12.1 Å². The van der Waals surface area contributed by atoms with Crippen LogP contribution in [0.1, 0.15) is 5.56 Å². The van der Waals surface area contributed by atoms with Crippen LogP contribution in [0.4, 0.5) is 5.69 Å². The lowest BCUT2D eigenvalue weighted by Gasteiger charge is -2.12. The predicted octanol–water partition coefficient (Wildman–Crippen LogP) is 2.42. The summed E-state index contributed by atoms with van der Waals surface area (Å²) in [7, 11) is -0.682. The largest absolute Gasteiger partial charge is 0.493 e. The molecule has 3 N–H and O–H groups in total. The number of rotatable bonds is 6. The van der Waals surface area contributed by atoms with Gasteiger partial charge in [0.15, 0.2) is 11.5 Å². The van der Waals surface area contributed by atoms with Gasteiger partial charge in [0.05, 0.1) is 24.1 Å². The van der Waals surface area contributed by atoms with E-state index >= 15 is 0 Å². The molecule has 23 heavy (non-hydrogen) atoms. The second kappa shape index (κ2) is 7.08. The second-order valence-corrected chi connectivity index (χ2v) is 6.88. The average Bonchev–Trinajstić information content (AvgIpc) is 2.52. The minimum absolute atomic E-state index is 0.0623. The molecule has 0 radical (unpaired) electrons. The minimum Gasteiger partial charge on any atom is -0.493 e. The first kappa shape index (κ1) is 17.4. The molecule has 0 fully saturated rings. The van der Waals surface area contributed by atoms with Crippen molar-refractivity contribution in [3.05, 3.63) is 47.0 Å². The normalized spacial score (nSPS) is 11.3. The number of halogens is 1. The molecule has 0 amide bonds. The number of methoxy groups -OCH3 is 2. The molecule has 0 atom stereocenters. The molecule has 0 aliphatic rings. The van der Waals surface area contributed by atoms with Crippen molar-refractivity contribution in [2.45, 2.75) is 11.4 Å². The van der Waals surface area contributed by atoms with Crippen molar-refractivity contribution in [2.24, 2.45) is 0 Å². The first-order valence-corrected chi connectivity index (χ1v) is 8.49. The molecular weight excluding hydrogens is 340 g/mol. The molecule has 2 aromatic carbocycles. The number of hydrogen-bond donors (Lipinski definition) is 2. The van der Waals surface area contributed by atoms with Crippen LogP contribution < -0.4 is 19.9 Å². The highest BCUT2D eigenvalue weighted by Crippen LogP contribution is 2.36. The Morgan fingerprint density at radius 1 is 1.13 bits per heavy atom. The molecule has 0 saturated carbocycles. The van der Waals surface area contributed by atoms with Gasteiger partial charge in [-0.2, -0.15) is 0 Å². The van der Waals surface area contributed by atoms with E-state index in [2.05, 4.69) is 4.72 Å². The van der Waals surface area contributed by atoms with Crippen LogP contribution in [0.25, 0.3) is 0 Å². The molecule has 0 bridgehead atoms. The van der Waals surface area contributed by atoms with E-state index in [0.29, 0.717) is 27.8 Å². The first-order valence-electron chi connectivity index (χ1n) is 6.63. The van der Waals surface area contributed by atoms with Crippen LogP contribution in [0, 0.1) is 0 Å². The quantitative estimate of drug-likeness (QED) is 0.776. The molecule has 0 aromatic heterocycles. The molecular formula is C15H17ClN2O4S. The van der Waals surface area contributed by atoms with Crippen LogP contribution in [-0.4, -0.2) is 22.6 Å².